The molecule has 1 aliphatic heterocycles. The van der Waals surface area contributed by atoms with Gasteiger partial charge >= 0.3 is 0 Å². The maximum atomic E-state index is 13.1. The van der Waals surface area contributed by atoms with E-state index in [4.69, 9.17) is 0 Å². The summed E-state index contributed by atoms with van der Waals surface area (Å²) < 4.78 is 14.2. The summed E-state index contributed by atoms with van der Waals surface area (Å²) in [6, 6.07) is 8.35. The van der Waals surface area contributed by atoms with E-state index in [-0.39, 0.29) is 29.2 Å². The van der Waals surface area contributed by atoms with Crippen molar-refractivity contribution in [1.82, 2.24) is 20.0 Å². The van der Waals surface area contributed by atoms with Crippen LogP contribution < -0.4 is 10.9 Å². The Kier molecular flexibility index (Phi) is 4.44. The van der Waals surface area contributed by atoms with Gasteiger partial charge in [-0.1, -0.05) is 0 Å². The summed E-state index contributed by atoms with van der Waals surface area (Å²) in [6.45, 7) is 5.30. The Morgan fingerprint density at radius 3 is 2.62 bits per heavy atom. The predicted molar refractivity (Wildman–Crippen MR) is 87.8 cm³/mol. The second kappa shape index (κ2) is 6.52. The second-order valence-corrected chi connectivity index (χ2v) is 5.93. The number of carbonyl (C=O) groups is 1. The quantitative estimate of drug-likeness (QED) is 0.898. The van der Waals surface area contributed by atoms with Crippen LogP contribution in [0.4, 0.5) is 4.39 Å². The Morgan fingerprint density at radius 1 is 1.21 bits per heavy atom. The van der Waals surface area contributed by atoms with Gasteiger partial charge in [0.2, 0.25) is 0 Å². The zero-order chi connectivity index (χ0) is 17.3. The van der Waals surface area contributed by atoms with Crippen LogP contribution in [-0.4, -0.2) is 45.8 Å². The van der Waals surface area contributed by atoms with E-state index in [0.717, 1.165) is 11.2 Å². The normalized spacial score (nSPS) is 20.9. The molecule has 0 spiro atoms. The van der Waals surface area contributed by atoms with Crippen molar-refractivity contribution in [3.8, 4) is 5.69 Å². The van der Waals surface area contributed by atoms with Gasteiger partial charge in [-0.15, -0.1) is 0 Å². The van der Waals surface area contributed by atoms with Crippen LogP contribution in [0.5, 0.6) is 0 Å². The van der Waals surface area contributed by atoms with E-state index in [1.165, 1.54) is 36.4 Å². The van der Waals surface area contributed by atoms with Crippen molar-refractivity contribution in [3.63, 3.8) is 0 Å². The van der Waals surface area contributed by atoms with Gasteiger partial charge in [-0.3, -0.25) is 9.59 Å². The van der Waals surface area contributed by atoms with Crippen LogP contribution in [-0.2, 0) is 0 Å². The molecule has 0 saturated carbocycles. The van der Waals surface area contributed by atoms with Crippen molar-refractivity contribution >= 4 is 5.91 Å². The fraction of sp³-hybridized carbons (Fsp3) is 0.353. The van der Waals surface area contributed by atoms with E-state index in [2.05, 4.69) is 10.4 Å². The van der Waals surface area contributed by atoms with Crippen LogP contribution in [0.25, 0.3) is 5.69 Å². The minimum Gasteiger partial charge on any atom is -0.332 e. The summed E-state index contributed by atoms with van der Waals surface area (Å²) in [4.78, 5) is 26.6. The van der Waals surface area contributed by atoms with E-state index in [1.54, 1.807) is 4.90 Å². The number of benzene rings is 1. The van der Waals surface area contributed by atoms with Crippen LogP contribution in [0.2, 0.25) is 0 Å². The van der Waals surface area contributed by atoms with Gasteiger partial charge < -0.3 is 10.2 Å². The molecule has 126 valence electrons. The van der Waals surface area contributed by atoms with Crippen LogP contribution in [0.15, 0.2) is 41.2 Å². The fourth-order valence-corrected chi connectivity index (χ4v) is 2.78. The molecule has 0 bridgehead atoms. The first kappa shape index (κ1) is 16.3. The number of aromatic nitrogens is 2. The third-order valence-corrected chi connectivity index (χ3v) is 4.39. The van der Waals surface area contributed by atoms with Crippen molar-refractivity contribution in [2.24, 2.45) is 0 Å². The van der Waals surface area contributed by atoms with Gasteiger partial charge in [0.25, 0.3) is 11.5 Å². The van der Waals surface area contributed by atoms with E-state index in [9.17, 15) is 14.0 Å². The molecule has 2 heterocycles. The molecule has 0 aliphatic carbocycles. The molecule has 1 aromatic carbocycles. The average Bonchev–Trinajstić information content (AvgIpc) is 2.58. The highest BCUT2D eigenvalue weighted by Gasteiger charge is 2.29. The number of rotatable bonds is 2. The van der Waals surface area contributed by atoms with Gasteiger partial charge in [-0.25, -0.2) is 4.39 Å². The third-order valence-electron chi connectivity index (χ3n) is 4.39. The van der Waals surface area contributed by atoms with Crippen molar-refractivity contribution in [2.45, 2.75) is 25.9 Å². The Hall–Kier alpha value is -2.54. The van der Waals surface area contributed by atoms with E-state index in [0.29, 0.717) is 12.2 Å². The van der Waals surface area contributed by atoms with E-state index < -0.39 is 5.82 Å². The highest BCUT2D eigenvalue weighted by atomic mass is 19.1. The minimum atomic E-state index is -0.400. The maximum Gasteiger partial charge on any atom is 0.274 e. The Labute approximate surface area is 138 Å². The molecule has 2 atom stereocenters. The summed E-state index contributed by atoms with van der Waals surface area (Å²) in [7, 11) is 0. The largest absolute Gasteiger partial charge is 0.332 e. The minimum absolute atomic E-state index is 0.0271. The molecular weight excluding hydrogens is 311 g/mol. The van der Waals surface area contributed by atoms with Gasteiger partial charge in [-0.2, -0.15) is 9.78 Å². The molecule has 7 heteroatoms. The van der Waals surface area contributed by atoms with Crippen LogP contribution in [0.1, 0.15) is 24.3 Å². The standard InChI is InChI=1S/C17H19FN4O2/c1-11-12(2)21(10-9-19-11)17(24)15-7-8-16(23)22(20-15)14-5-3-13(18)4-6-14/h3-8,11-12,19H,9-10H2,1-2H3. The van der Waals surface area contributed by atoms with Crippen LogP contribution in [0.3, 0.4) is 0 Å². The number of hydrogen-bond acceptors (Lipinski definition) is 4. The number of nitrogens with one attached hydrogen (secondary N) is 1. The lowest BCUT2D eigenvalue weighted by molar-refractivity contribution is 0.0595. The highest BCUT2D eigenvalue weighted by Crippen LogP contribution is 2.13. The van der Waals surface area contributed by atoms with Gasteiger partial charge in [0, 0.05) is 31.2 Å². The first-order valence-corrected chi connectivity index (χ1v) is 7.88. The number of nitrogens with zero attached hydrogens (tertiary/aromatic N) is 3. The lowest BCUT2D eigenvalue weighted by Crippen LogP contribution is -2.57. The van der Waals surface area contributed by atoms with Gasteiger partial charge in [0.15, 0.2) is 0 Å². The molecule has 1 aromatic heterocycles. The molecule has 1 fully saturated rings. The van der Waals surface area contributed by atoms with Crippen LogP contribution in [0, 0.1) is 5.82 Å². The van der Waals surface area contributed by atoms with Crippen molar-refractivity contribution in [3.05, 3.63) is 58.3 Å². The molecule has 2 aromatic rings. The van der Waals surface area contributed by atoms with Crippen molar-refractivity contribution in [2.75, 3.05) is 13.1 Å². The number of hydrogen-bond donors (Lipinski definition) is 1. The van der Waals surface area contributed by atoms with Gasteiger partial charge in [-0.05, 0) is 44.2 Å². The number of halogens is 1. The second-order valence-electron chi connectivity index (χ2n) is 5.93. The highest BCUT2D eigenvalue weighted by molar-refractivity contribution is 5.92. The first-order chi connectivity index (χ1) is 11.5. The third kappa shape index (κ3) is 3.07. The van der Waals surface area contributed by atoms with Crippen molar-refractivity contribution in [1.29, 1.82) is 0 Å². The molecule has 1 saturated heterocycles. The summed E-state index contributed by atoms with van der Waals surface area (Å²) in [6.07, 6.45) is 0. The lowest BCUT2D eigenvalue weighted by atomic mass is 10.1. The Morgan fingerprint density at radius 2 is 1.92 bits per heavy atom. The van der Waals surface area contributed by atoms with E-state index in [1.807, 2.05) is 13.8 Å². The molecule has 0 radical (unpaired) electrons. The molecule has 1 aliphatic rings. The van der Waals surface area contributed by atoms with Crippen LogP contribution >= 0.6 is 0 Å². The summed E-state index contributed by atoms with van der Waals surface area (Å²) in [5.41, 5.74) is 0.234. The topological polar surface area (TPSA) is 67.2 Å². The van der Waals surface area contributed by atoms with Gasteiger partial charge in [0.1, 0.15) is 11.5 Å². The predicted octanol–water partition coefficient (Wildman–Crippen LogP) is 1.19. The maximum absolute atomic E-state index is 13.1. The lowest BCUT2D eigenvalue weighted by Gasteiger charge is -2.38. The SMILES string of the molecule is CC1NCCN(C(=O)c2ccc(=O)n(-c3ccc(F)cc3)n2)C1C. The Balaban J connectivity index is 1.94. The zero-order valence-corrected chi connectivity index (χ0v) is 13.6. The monoisotopic (exact) mass is 330 g/mol. The average molecular weight is 330 g/mol. The molecule has 6 nitrogen and oxygen atoms in total. The molecule has 1 N–H and O–H groups in total. The van der Waals surface area contributed by atoms with Crippen molar-refractivity contribution < 1.29 is 9.18 Å². The molecule has 24 heavy (non-hydrogen) atoms. The molecular formula is C17H19FN4O2. The number of piperazine rings is 1. The summed E-state index contributed by atoms with van der Waals surface area (Å²) in [5.74, 6) is -0.616. The first-order valence-electron chi connectivity index (χ1n) is 7.88. The number of amides is 1. The number of carbonyl (C=O) groups excluding carboxylic acids is 1. The zero-order valence-electron chi connectivity index (χ0n) is 13.6. The summed E-state index contributed by atoms with van der Waals surface area (Å²) in [5, 5.41) is 7.49. The Bertz CT molecular complexity index is 803. The fourth-order valence-electron chi connectivity index (χ4n) is 2.78. The van der Waals surface area contributed by atoms with Gasteiger partial charge in [0.05, 0.1) is 5.69 Å². The molecule has 3 rings (SSSR count). The molecule has 1 amide bonds. The van der Waals surface area contributed by atoms with E-state index >= 15 is 0 Å². The molecule has 2 unspecified atom stereocenters. The summed E-state index contributed by atoms with van der Waals surface area (Å²) >= 11 is 0. The smallest absolute Gasteiger partial charge is 0.274 e.